The maximum Gasteiger partial charge on any atom is 0.229 e. The van der Waals surface area contributed by atoms with Gasteiger partial charge in [0, 0.05) is 11.7 Å². The van der Waals surface area contributed by atoms with E-state index >= 15 is 0 Å². The molecule has 1 saturated heterocycles. The standard InChI is InChI=1S/C21H32N2O/c1-21(2,3)16-10-6-11-17(14-16)23-20(24)18-12-7-13-22-19(18)15-8-4-5-9-15/h6,10-11,14-15,18-19,22H,4-5,7-9,12-13H2,1-3H3,(H,23,24)/t18-,19?/m0/s1. The van der Waals surface area contributed by atoms with E-state index in [4.69, 9.17) is 0 Å². The minimum absolute atomic E-state index is 0.0967. The molecule has 3 rings (SSSR count). The Kier molecular flexibility index (Phi) is 5.29. The summed E-state index contributed by atoms with van der Waals surface area (Å²) >= 11 is 0. The molecule has 1 amide bonds. The molecule has 3 nitrogen and oxygen atoms in total. The third-order valence-electron chi connectivity index (χ3n) is 5.75. The fourth-order valence-corrected chi connectivity index (χ4v) is 4.32. The highest BCUT2D eigenvalue weighted by molar-refractivity contribution is 5.93. The fourth-order valence-electron chi connectivity index (χ4n) is 4.32. The topological polar surface area (TPSA) is 41.1 Å². The van der Waals surface area contributed by atoms with E-state index in [1.807, 2.05) is 12.1 Å². The Morgan fingerprint density at radius 2 is 1.88 bits per heavy atom. The van der Waals surface area contributed by atoms with Crippen LogP contribution in [0.3, 0.4) is 0 Å². The number of nitrogens with one attached hydrogen (secondary N) is 2. The van der Waals surface area contributed by atoms with Crippen LogP contribution in [0.25, 0.3) is 0 Å². The summed E-state index contributed by atoms with van der Waals surface area (Å²) in [7, 11) is 0. The molecule has 1 aromatic rings. The van der Waals surface area contributed by atoms with E-state index in [0.29, 0.717) is 12.0 Å². The normalized spacial score (nSPS) is 25.6. The minimum atomic E-state index is 0.0967. The van der Waals surface area contributed by atoms with Crippen molar-refractivity contribution in [2.75, 3.05) is 11.9 Å². The summed E-state index contributed by atoms with van der Waals surface area (Å²) in [4.78, 5) is 12.9. The summed E-state index contributed by atoms with van der Waals surface area (Å²) in [6.07, 6.45) is 7.32. The summed E-state index contributed by atoms with van der Waals surface area (Å²) in [6.45, 7) is 7.67. The third-order valence-corrected chi connectivity index (χ3v) is 5.75. The number of amides is 1. The molecule has 132 valence electrons. The lowest BCUT2D eigenvalue weighted by Gasteiger charge is -2.35. The van der Waals surface area contributed by atoms with Gasteiger partial charge in [-0.1, -0.05) is 45.7 Å². The molecule has 1 heterocycles. The number of carbonyl (C=O) groups excluding carboxylic acids is 1. The Labute approximate surface area is 146 Å². The van der Waals surface area contributed by atoms with Crippen LogP contribution in [0.5, 0.6) is 0 Å². The number of rotatable bonds is 3. The van der Waals surface area contributed by atoms with Crippen LogP contribution in [0, 0.1) is 11.8 Å². The molecule has 3 heteroatoms. The molecule has 2 atom stereocenters. The number of piperidine rings is 1. The number of hydrogen-bond acceptors (Lipinski definition) is 2. The average molecular weight is 329 g/mol. The lowest BCUT2D eigenvalue weighted by Crippen LogP contribution is -2.50. The van der Waals surface area contributed by atoms with Crippen LogP contribution in [-0.2, 0) is 10.2 Å². The van der Waals surface area contributed by atoms with E-state index in [1.54, 1.807) is 0 Å². The Morgan fingerprint density at radius 3 is 2.58 bits per heavy atom. The van der Waals surface area contributed by atoms with E-state index in [2.05, 4.69) is 43.5 Å². The summed E-state index contributed by atoms with van der Waals surface area (Å²) in [5.74, 6) is 0.993. The van der Waals surface area contributed by atoms with E-state index in [0.717, 1.165) is 25.1 Å². The largest absolute Gasteiger partial charge is 0.326 e. The van der Waals surface area contributed by atoms with Crippen LogP contribution < -0.4 is 10.6 Å². The predicted octanol–water partition coefficient (Wildman–Crippen LogP) is 4.48. The van der Waals surface area contributed by atoms with Gasteiger partial charge in [0.15, 0.2) is 0 Å². The molecule has 0 spiro atoms. The quantitative estimate of drug-likeness (QED) is 0.859. The lowest BCUT2D eigenvalue weighted by molar-refractivity contribution is -0.122. The molecule has 24 heavy (non-hydrogen) atoms. The Balaban J connectivity index is 1.71. The van der Waals surface area contributed by atoms with Gasteiger partial charge in [0.25, 0.3) is 0 Å². The van der Waals surface area contributed by atoms with Crippen LogP contribution in [0.2, 0.25) is 0 Å². The highest BCUT2D eigenvalue weighted by Gasteiger charge is 2.37. The van der Waals surface area contributed by atoms with Gasteiger partial charge >= 0.3 is 0 Å². The van der Waals surface area contributed by atoms with Gasteiger partial charge in [-0.25, -0.2) is 0 Å². The summed E-state index contributed by atoms with van der Waals surface area (Å²) in [5.41, 5.74) is 2.29. The van der Waals surface area contributed by atoms with Crippen LogP contribution in [0.4, 0.5) is 5.69 Å². The first kappa shape index (κ1) is 17.5. The molecule has 1 aromatic carbocycles. The van der Waals surface area contributed by atoms with Gasteiger partial charge in [-0.2, -0.15) is 0 Å². The Hall–Kier alpha value is -1.35. The van der Waals surface area contributed by atoms with Gasteiger partial charge in [-0.15, -0.1) is 0 Å². The second-order valence-electron chi connectivity index (χ2n) is 8.59. The van der Waals surface area contributed by atoms with Crippen molar-refractivity contribution < 1.29 is 4.79 Å². The van der Waals surface area contributed by atoms with Gasteiger partial charge in [-0.3, -0.25) is 4.79 Å². The molecular weight excluding hydrogens is 296 g/mol. The van der Waals surface area contributed by atoms with Crippen LogP contribution in [-0.4, -0.2) is 18.5 Å². The van der Waals surface area contributed by atoms with Crippen molar-refractivity contribution in [1.29, 1.82) is 0 Å². The van der Waals surface area contributed by atoms with Gasteiger partial charge in [-0.05, 0) is 61.3 Å². The smallest absolute Gasteiger partial charge is 0.229 e. The monoisotopic (exact) mass is 328 g/mol. The van der Waals surface area contributed by atoms with Crippen molar-refractivity contribution in [3.63, 3.8) is 0 Å². The molecule has 1 aliphatic heterocycles. The highest BCUT2D eigenvalue weighted by Crippen LogP contribution is 2.34. The van der Waals surface area contributed by atoms with Crippen molar-refractivity contribution in [3.8, 4) is 0 Å². The van der Waals surface area contributed by atoms with E-state index in [1.165, 1.54) is 31.2 Å². The molecule has 0 radical (unpaired) electrons. The molecule has 2 fully saturated rings. The molecular formula is C21H32N2O. The predicted molar refractivity (Wildman–Crippen MR) is 100 cm³/mol. The molecule has 1 aliphatic carbocycles. The van der Waals surface area contributed by atoms with Crippen LogP contribution in [0.1, 0.15) is 64.9 Å². The van der Waals surface area contributed by atoms with Gasteiger partial charge in [0.2, 0.25) is 5.91 Å². The van der Waals surface area contributed by atoms with Gasteiger partial charge in [0.1, 0.15) is 0 Å². The molecule has 0 bridgehead atoms. The van der Waals surface area contributed by atoms with Gasteiger partial charge < -0.3 is 10.6 Å². The zero-order valence-electron chi connectivity index (χ0n) is 15.4. The van der Waals surface area contributed by atoms with Crippen molar-refractivity contribution in [3.05, 3.63) is 29.8 Å². The summed E-state index contributed by atoms with van der Waals surface area (Å²) in [6, 6.07) is 8.68. The van der Waals surface area contributed by atoms with Crippen molar-refractivity contribution >= 4 is 11.6 Å². The van der Waals surface area contributed by atoms with Crippen molar-refractivity contribution in [2.24, 2.45) is 11.8 Å². The molecule has 2 aliphatic rings. The number of carbonyl (C=O) groups is 1. The maximum atomic E-state index is 12.9. The second-order valence-corrected chi connectivity index (χ2v) is 8.59. The molecule has 2 N–H and O–H groups in total. The van der Waals surface area contributed by atoms with Crippen LogP contribution >= 0.6 is 0 Å². The summed E-state index contributed by atoms with van der Waals surface area (Å²) < 4.78 is 0. The van der Waals surface area contributed by atoms with Crippen molar-refractivity contribution in [2.45, 2.75) is 70.8 Å². The Morgan fingerprint density at radius 1 is 1.12 bits per heavy atom. The summed E-state index contributed by atoms with van der Waals surface area (Å²) in [5, 5.41) is 6.85. The number of benzene rings is 1. The zero-order chi connectivity index (χ0) is 17.2. The third kappa shape index (κ3) is 4.00. The SMILES string of the molecule is CC(C)(C)c1cccc(NC(=O)[C@H]2CCCNC2C2CCCC2)c1. The minimum Gasteiger partial charge on any atom is -0.326 e. The van der Waals surface area contributed by atoms with E-state index in [9.17, 15) is 4.79 Å². The second kappa shape index (κ2) is 7.26. The molecule has 1 unspecified atom stereocenters. The maximum absolute atomic E-state index is 12.9. The van der Waals surface area contributed by atoms with E-state index in [-0.39, 0.29) is 17.2 Å². The average Bonchev–Trinajstić information content (AvgIpc) is 3.08. The zero-order valence-corrected chi connectivity index (χ0v) is 15.4. The molecule has 1 saturated carbocycles. The lowest BCUT2D eigenvalue weighted by atomic mass is 9.81. The molecule has 0 aromatic heterocycles. The Bertz CT molecular complexity index is 569. The van der Waals surface area contributed by atoms with Gasteiger partial charge in [0.05, 0.1) is 5.92 Å². The highest BCUT2D eigenvalue weighted by atomic mass is 16.1. The first-order valence-electron chi connectivity index (χ1n) is 9.60. The van der Waals surface area contributed by atoms with Crippen molar-refractivity contribution in [1.82, 2.24) is 5.32 Å². The number of hydrogen-bond donors (Lipinski definition) is 2. The van der Waals surface area contributed by atoms with E-state index < -0.39 is 0 Å². The van der Waals surface area contributed by atoms with Crippen LogP contribution in [0.15, 0.2) is 24.3 Å². The first-order valence-corrected chi connectivity index (χ1v) is 9.60. The number of anilines is 1. The first-order chi connectivity index (χ1) is 11.4. The fraction of sp³-hybridized carbons (Fsp3) is 0.667.